The zero-order valence-corrected chi connectivity index (χ0v) is 25.5. The summed E-state index contributed by atoms with van der Waals surface area (Å²) in [6.07, 6.45) is 2.67. The average molecular weight is 587 g/mol. The second-order valence-corrected chi connectivity index (χ2v) is 12.0. The number of thiophene rings is 1. The van der Waals surface area contributed by atoms with Crippen LogP contribution in [-0.2, 0) is 22.7 Å². The van der Waals surface area contributed by atoms with E-state index >= 15 is 0 Å². The fourth-order valence-electron chi connectivity index (χ4n) is 5.51. The Labute approximate surface area is 250 Å². The molecule has 5 rings (SSSR count). The van der Waals surface area contributed by atoms with Gasteiger partial charge < -0.3 is 19.1 Å². The number of benzene rings is 2. The number of anilines is 2. The molecule has 4 aromatic rings. The van der Waals surface area contributed by atoms with Gasteiger partial charge in [0.05, 0.1) is 18.0 Å². The minimum absolute atomic E-state index is 0.0327. The number of hydrogen-bond donors (Lipinski definition) is 0. The van der Waals surface area contributed by atoms with Gasteiger partial charge >= 0.3 is 0 Å². The number of rotatable bonds is 11. The van der Waals surface area contributed by atoms with Crippen LogP contribution < -0.4 is 20.1 Å². The van der Waals surface area contributed by atoms with Gasteiger partial charge in [-0.15, -0.1) is 0 Å². The number of nitrogens with zero attached hydrogens (tertiary/aromatic N) is 4. The summed E-state index contributed by atoms with van der Waals surface area (Å²) in [6.45, 7) is 9.17. The molecule has 0 spiro atoms. The first-order chi connectivity index (χ1) is 20.2. The molecule has 9 heteroatoms. The van der Waals surface area contributed by atoms with Gasteiger partial charge in [0.15, 0.2) is 0 Å². The fourth-order valence-corrected chi connectivity index (χ4v) is 6.17. The molecule has 2 aromatic carbocycles. The normalized spacial score (nSPS) is 14.9. The van der Waals surface area contributed by atoms with Crippen molar-refractivity contribution in [3.05, 3.63) is 87.5 Å². The molecule has 0 saturated heterocycles. The van der Waals surface area contributed by atoms with Gasteiger partial charge in [-0.05, 0) is 79.2 Å². The van der Waals surface area contributed by atoms with Gasteiger partial charge in [-0.25, -0.2) is 0 Å². The Morgan fingerprint density at radius 2 is 1.76 bits per heavy atom. The lowest BCUT2D eigenvalue weighted by atomic mass is 9.90. The molecule has 0 saturated carbocycles. The predicted molar refractivity (Wildman–Crippen MR) is 170 cm³/mol. The van der Waals surface area contributed by atoms with Crippen molar-refractivity contribution < 1.29 is 14.3 Å². The molecule has 2 aromatic heterocycles. The largest absolute Gasteiger partial charge is 0.493 e. The Balaban J connectivity index is 1.24. The smallest absolute Gasteiger partial charge is 0.258 e. The first-order valence-corrected chi connectivity index (χ1v) is 15.3. The molecular weight excluding hydrogens is 548 g/mol. The second kappa shape index (κ2) is 12.5. The summed E-state index contributed by atoms with van der Waals surface area (Å²) in [6, 6.07) is 17.4. The molecule has 1 aliphatic rings. The molecule has 2 amide bonds. The third kappa shape index (κ3) is 5.98. The molecule has 42 heavy (non-hydrogen) atoms. The van der Waals surface area contributed by atoms with Crippen LogP contribution in [0, 0.1) is 5.41 Å². The molecule has 0 unspecified atom stereocenters. The van der Waals surface area contributed by atoms with Crippen molar-refractivity contribution in [2.24, 2.45) is 5.41 Å². The lowest BCUT2D eigenvalue weighted by molar-refractivity contribution is -0.137. The summed E-state index contributed by atoms with van der Waals surface area (Å²) in [5.41, 5.74) is 1.52. The fraction of sp³-hybridized carbons (Fsp3) is 0.364. The zero-order chi connectivity index (χ0) is 29.9. The van der Waals surface area contributed by atoms with E-state index in [9.17, 15) is 14.4 Å². The topological polar surface area (TPSA) is 75.1 Å². The predicted octanol–water partition coefficient (Wildman–Crippen LogP) is 5.39. The van der Waals surface area contributed by atoms with Crippen molar-refractivity contribution in [1.82, 2.24) is 9.47 Å². The maximum atomic E-state index is 13.1. The molecule has 220 valence electrons. The van der Waals surface area contributed by atoms with E-state index in [1.165, 1.54) is 5.56 Å². The van der Waals surface area contributed by atoms with Crippen molar-refractivity contribution in [1.29, 1.82) is 0 Å². The molecule has 8 nitrogen and oxygen atoms in total. The summed E-state index contributed by atoms with van der Waals surface area (Å²) >= 11 is 1.68. The Bertz CT molecular complexity index is 1630. The highest BCUT2D eigenvalue weighted by Crippen LogP contribution is 2.40. The van der Waals surface area contributed by atoms with Crippen LogP contribution in [0.4, 0.5) is 11.4 Å². The number of aromatic nitrogens is 1. The minimum Gasteiger partial charge on any atom is -0.493 e. The second-order valence-electron chi connectivity index (χ2n) is 11.2. The number of fused-ring (bicyclic) bond motifs is 2. The summed E-state index contributed by atoms with van der Waals surface area (Å²) in [4.78, 5) is 44.9. The maximum Gasteiger partial charge on any atom is 0.258 e. The molecule has 0 atom stereocenters. The lowest BCUT2D eigenvalue weighted by Crippen LogP contribution is -2.47. The van der Waals surface area contributed by atoms with Gasteiger partial charge in [-0.3, -0.25) is 19.3 Å². The van der Waals surface area contributed by atoms with Crippen molar-refractivity contribution in [2.45, 2.75) is 40.3 Å². The van der Waals surface area contributed by atoms with Gasteiger partial charge in [-0.1, -0.05) is 18.2 Å². The number of amides is 2. The van der Waals surface area contributed by atoms with Crippen LogP contribution in [0.2, 0.25) is 0 Å². The SMILES string of the molecule is CCN1C(=O)C(C)(C)C(=O)N(C)c2cc(OCCCN(CCn3ccc4ccccc4c3=O)Cc3ccsc3)ccc21. The van der Waals surface area contributed by atoms with E-state index in [1.54, 1.807) is 46.6 Å². The van der Waals surface area contributed by atoms with Gasteiger partial charge in [-0.2, -0.15) is 11.3 Å². The average Bonchev–Trinajstić information content (AvgIpc) is 3.50. The lowest BCUT2D eigenvalue weighted by Gasteiger charge is -2.27. The van der Waals surface area contributed by atoms with Crippen molar-refractivity contribution >= 4 is 45.3 Å². The Hall–Kier alpha value is -3.95. The number of carbonyl (C=O) groups excluding carboxylic acids is 2. The Morgan fingerprint density at radius 1 is 0.952 bits per heavy atom. The quantitative estimate of drug-likeness (QED) is 0.174. The van der Waals surface area contributed by atoms with E-state index in [0.717, 1.165) is 36.8 Å². The molecule has 0 bridgehead atoms. The molecule has 3 heterocycles. The van der Waals surface area contributed by atoms with E-state index in [1.807, 2.05) is 61.7 Å². The van der Waals surface area contributed by atoms with Crippen LogP contribution in [0.3, 0.4) is 0 Å². The Kier molecular flexibility index (Phi) is 8.80. The van der Waals surface area contributed by atoms with Crippen LogP contribution in [0.1, 0.15) is 32.8 Å². The van der Waals surface area contributed by atoms with E-state index in [0.29, 0.717) is 36.8 Å². The van der Waals surface area contributed by atoms with Gasteiger partial charge in [0.2, 0.25) is 11.8 Å². The highest BCUT2D eigenvalue weighted by Gasteiger charge is 2.45. The zero-order valence-electron chi connectivity index (χ0n) is 24.7. The van der Waals surface area contributed by atoms with E-state index < -0.39 is 5.41 Å². The summed E-state index contributed by atoms with van der Waals surface area (Å²) in [7, 11) is 1.71. The number of carbonyl (C=O) groups is 2. The number of hydrogen-bond acceptors (Lipinski definition) is 6. The highest BCUT2D eigenvalue weighted by molar-refractivity contribution is 7.07. The van der Waals surface area contributed by atoms with Crippen LogP contribution in [-0.4, -0.2) is 54.6 Å². The number of ether oxygens (including phenoxy) is 1. The van der Waals surface area contributed by atoms with Gasteiger partial charge in [0, 0.05) is 57.4 Å². The maximum absolute atomic E-state index is 13.1. The summed E-state index contributed by atoms with van der Waals surface area (Å²) in [5, 5.41) is 5.93. The summed E-state index contributed by atoms with van der Waals surface area (Å²) in [5.74, 6) is 0.214. The highest BCUT2D eigenvalue weighted by atomic mass is 32.1. The van der Waals surface area contributed by atoms with Gasteiger partial charge in [0.1, 0.15) is 11.2 Å². The first kappa shape index (κ1) is 29.5. The summed E-state index contributed by atoms with van der Waals surface area (Å²) < 4.78 is 7.93. The monoisotopic (exact) mass is 586 g/mol. The van der Waals surface area contributed by atoms with Crippen LogP contribution in [0.15, 0.2) is 76.3 Å². The first-order valence-electron chi connectivity index (χ1n) is 14.4. The van der Waals surface area contributed by atoms with Crippen molar-refractivity contribution in [3.8, 4) is 5.75 Å². The molecule has 1 aliphatic heterocycles. The van der Waals surface area contributed by atoms with E-state index in [4.69, 9.17) is 4.74 Å². The third-order valence-corrected chi connectivity index (χ3v) is 8.68. The minimum atomic E-state index is -1.14. The van der Waals surface area contributed by atoms with Crippen LogP contribution in [0.25, 0.3) is 10.8 Å². The van der Waals surface area contributed by atoms with Gasteiger partial charge in [0.25, 0.3) is 5.56 Å². The van der Waals surface area contributed by atoms with Crippen LogP contribution in [0.5, 0.6) is 5.75 Å². The van der Waals surface area contributed by atoms with Crippen molar-refractivity contribution in [2.75, 3.05) is 43.1 Å². The molecule has 0 radical (unpaired) electrons. The molecule has 0 fully saturated rings. The molecular formula is C33H38N4O4S. The van der Waals surface area contributed by atoms with E-state index in [-0.39, 0.29) is 17.4 Å². The third-order valence-electron chi connectivity index (χ3n) is 7.95. The van der Waals surface area contributed by atoms with E-state index in [2.05, 4.69) is 21.7 Å². The van der Waals surface area contributed by atoms with Crippen LogP contribution >= 0.6 is 11.3 Å². The molecule has 0 aliphatic carbocycles. The Morgan fingerprint density at radius 3 is 2.52 bits per heavy atom. The molecule has 0 N–H and O–H groups in total. The number of pyridine rings is 1. The standard InChI is InChI=1S/C33H38N4O4S/c1-5-37-28-12-11-26(21-29(28)34(4)31(39)33(2,3)32(37)40)41-19-8-15-35(22-24-14-20-42-23-24)17-18-36-16-13-25-9-6-7-10-27(25)30(36)38/h6-7,9-14,16,20-21,23H,5,8,15,17-19,22H2,1-4H3. The van der Waals surface area contributed by atoms with Crippen molar-refractivity contribution in [3.63, 3.8) is 0 Å².